The van der Waals surface area contributed by atoms with Crippen molar-refractivity contribution in [3.63, 3.8) is 0 Å². The molecule has 0 radical (unpaired) electrons. The van der Waals surface area contributed by atoms with E-state index in [2.05, 4.69) is 12.1 Å². The van der Waals surface area contributed by atoms with E-state index < -0.39 is 5.60 Å². The van der Waals surface area contributed by atoms with Crippen LogP contribution in [0.4, 0.5) is 0 Å². The Bertz CT molecular complexity index is 659. The third-order valence-corrected chi connectivity index (χ3v) is 4.12. The van der Waals surface area contributed by atoms with E-state index in [1.807, 2.05) is 49.5 Å². The highest BCUT2D eigenvalue weighted by atomic mass is 16.3. The summed E-state index contributed by atoms with van der Waals surface area (Å²) < 4.78 is 0. The molecule has 0 saturated carbocycles. The van der Waals surface area contributed by atoms with Crippen LogP contribution in [0.15, 0.2) is 54.6 Å². The molecule has 2 rings (SSSR count). The van der Waals surface area contributed by atoms with Gasteiger partial charge >= 0.3 is 0 Å². The number of benzene rings is 2. The molecule has 0 bridgehead atoms. The summed E-state index contributed by atoms with van der Waals surface area (Å²) >= 11 is 0. The number of rotatable bonds is 7. The predicted octanol–water partition coefficient (Wildman–Crippen LogP) is 3.70. The second kappa shape index (κ2) is 8.11. The first-order chi connectivity index (χ1) is 11.3. The monoisotopic (exact) mass is 325 g/mol. The summed E-state index contributed by atoms with van der Waals surface area (Å²) in [5, 5.41) is 9.85. The molecule has 0 heterocycles. The van der Waals surface area contributed by atoms with Gasteiger partial charge in [0.15, 0.2) is 0 Å². The molecule has 24 heavy (non-hydrogen) atoms. The third-order valence-electron chi connectivity index (χ3n) is 4.12. The Hall–Kier alpha value is -2.13. The van der Waals surface area contributed by atoms with Crippen molar-refractivity contribution in [2.45, 2.75) is 38.7 Å². The van der Waals surface area contributed by atoms with Gasteiger partial charge in [-0.3, -0.25) is 4.79 Å². The molecular weight excluding hydrogens is 298 g/mol. The zero-order valence-corrected chi connectivity index (χ0v) is 14.8. The Morgan fingerprint density at radius 2 is 1.67 bits per heavy atom. The lowest BCUT2D eigenvalue weighted by Gasteiger charge is -2.19. The number of carbonyl (C=O) groups is 1. The maximum absolute atomic E-state index is 12.6. The minimum atomic E-state index is -0.688. The molecule has 0 saturated heterocycles. The molecule has 0 atom stereocenters. The lowest BCUT2D eigenvalue weighted by molar-refractivity contribution is 0.0714. The van der Waals surface area contributed by atoms with Gasteiger partial charge in [-0.25, -0.2) is 0 Å². The highest BCUT2D eigenvalue weighted by molar-refractivity contribution is 5.94. The molecule has 2 aromatic rings. The first-order valence-electron chi connectivity index (χ1n) is 8.46. The van der Waals surface area contributed by atoms with Crippen LogP contribution in [0, 0.1) is 0 Å². The molecule has 0 spiro atoms. The van der Waals surface area contributed by atoms with Gasteiger partial charge in [0.25, 0.3) is 5.91 Å². The fraction of sp³-hybridized carbons (Fsp3) is 0.381. The topological polar surface area (TPSA) is 40.5 Å². The molecule has 3 nitrogen and oxygen atoms in total. The van der Waals surface area contributed by atoms with Gasteiger partial charge in [0.1, 0.15) is 0 Å². The van der Waals surface area contributed by atoms with Crippen molar-refractivity contribution in [3.05, 3.63) is 71.3 Å². The average molecular weight is 325 g/mol. The van der Waals surface area contributed by atoms with Gasteiger partial charge in [-0.1, -0.05) is 42.5 Å². The summed E-state index contributed by atoms with van der Waals surface area (Å²) in [4.78, 5) is 14.4. The average Bonchev–Trinajstić information content (AvgIpc) is 2.58. The maximum atomic E-state index is 12.6. The van der Waals surface area contributed by atoms with Crippen molar-refractivity contribution in [2.24, 2.45) is 0 Å². The van der Waals surface area contributed by atoms with Crippen LogP contribution in [0.2, 0.25) is 0 Å². The van der Waals surface area contributed by atoms with Crippen molar-refractivity contribution in [1.82, 2.24) is 4.90 Å². The third kappa shape index (κ3) is 5.82. The van der Waals surface area contributed by atoms with Crippen LogP contribution in [-0.4, -0.2) is 35.1 Å². The number of aryl methyl sites for hydroxylation is 1. The second-order valence-corrected chi connectivity index (χ2v) is 6.98. The molecule has 1 amide bonds. The Morgan fingerprint density at radius 3 is 2.33 bits per heavy atom. The predicted molar refractivity (Wildman–Crippen MR) is 98.2 cm³/mol. The first kappa shape index (κ1) is 18.2. The van der Waals surface area contributed by atoms with Crippen LogP contribution >= 0.6 is 0 Å². The van der Waals surface area contributed by atoms with Crippen LogP contribution in [0.3, 0.4) is 0 Å². The smallest absolute Gasteiger partial charge is 0.253 e. The first-order valence-corrected chi connectivity index (χ1v) is 8.46. The van der Waals surface area contributed by atoms with Crippen LogP contribution in [-0.2, 0) is 12.8 Å². The highest BCUT2D eigenvalue weighted by Gasteiger charge is 2.14. The van der Waals surface area contributed by atoms with E-state index in [1.54, 1.807) is 18.7 Å². The summed E-state index contributed by atoms with van der Waals surface area (Å²) in [5.41, 5.74) is 2.33. The van der Waals surface area contributed by atoms with E-state index >= 15 is 0 Å². The van der Waals surface area contributed by atoms with Crippen molar-refractivity contribution in [3.8, 4) is 0 Å². The molecule has 0 aromatic heterocycles. The van der Waals surface area contributed by atoms with Crippen LogP contribution in [0.5, 0.6) is 0 Å². The van der Waals surface area contributed by atoms with Crippen molar-refractivity contribution in [2.75, 3.05) is 13.6 Å². The quantitative estimate of drug-likeness (QED) is 0.843. The summed E-state index contributed by atoms with van der Waals surface area (Å²) in [6.45, 7) is 4.30. The largest absolute Gasteiger partial charge is 0.390 e. The van der Waals surface area contributed by atoms with E-state index in [-0.39, 0.29) is 5.91 Å². The molecule has 0 fully saturated rings. The Balaban J connectivity index is 1.95. The standard InChI is InChI=1S/C21H27NO2/c1-21(2,24)14-12-18-10-7-11-19(16-18)20(23)22(3)15-13-17-8-5-4-6-9-17/h4-11,16,24H,12-15H2,1-3H3. The van der Waals surface area contributed by atoms with Gasteiger partial charge in [-0.2, -0.15) is 0 Å². The zero-order valence-electron chi connectivity index (χ0n) is 14.8. The number of aliphatic hydroxyl groups is 1. The second-order valence-electron chi connectivity index (χ2n) is 6.98. The maximum Gasteiger partial charge on any atom is 0.253 e. The molecule has 0 aliphatic heterocycles. The van der Waals surface area contributed by atoms with Gasteiger partial charge in [0.05, 0.1) is 5.60 Å². The fourth-order valence-corrected chi connectivity index (χ4v) is 2.57. The van der Waals surface area contributed by atoms with Crippen LogP contribution < -0.4 is 0 Å². The molecule has 3 heteroatoms. The molecule has 128 valence electrons. The minimum Gasteiger partial charge on any atom is -0.390 e. The van der Waals surface area contributed by atoms with E-state index in [9.17, 15) is 9.90 Å². The molecular formula is C21H27NO2. The summed E-state index contributed by atoms with van der Waals surface area (Å²) in [6, 6.07) is 17.9. The van der Waals surface area contributed by atoms with Crippen LogP contribution in [0.25, 0.3) is 0 Å². The summed E-state index contributed by atoms with van der Waals surface area (Å²) in [5.74, 6) is 0.0380. The lowest BCUT2D eigenvalue weighted by Crippen LogP contribution is -2.29. The lowest BCUT2D eigenvalue weighted by atomic mass is 9.98. The van der Waals surface area contributed by atoms with Crippen LogP contribution in [0.1, 0.15) is 41.8 Å². The van der Waals surface area contributed by atoms with E-state index in [4.69, 9.17) is 0 Å². The van der Waals surface area contributed by atoms with Crippen molar-refractivity contribution in [1.29, 1.82) is 0 Å². The summed E-state index contributed by atoms with van der Waals surface area (Å²) in [6.07, 6.45) is 2.29. The normalized spacial score (nSPS) is 11.3. The van der Waals surface area contributed by atoms with Gasteiger partial charge in [-0.15, -0.1) is 0 Å². The van der Waals surface area contributed by atoms with Crippen molar-refractivity contribution >= 4 is 5.91 Å². The number of hydrogen-bond acceptors (Lipinski definition) is 2. The van der Waals surface area contributed by atoms with Crippen molar-refractivity contribution < 1.29 is 9.90 Å². The number of carbonyl (C=O) groups excluding carboxylic acids is 1. The number of nitrogens with zero attached hydrogens (tertiary/aromatic N) is 1. The SMILES string of the molecule is CN(CCc1ccccc1)C(=O)c1cccc(CCC(C)(C)O)c1. The van der Waals surface area contributed by atoms with Gasteiger partial charge in [0.2, 0.25) is 0 Å². The van der Waals surface area contributed by atoms with Gasteiger partial charge in [-0.05, 0) is 56.4 Å². The minimum absolute atomic E-state index is 0.0380. The highest BCUT2D eigenvalue weighted by Crippen LogP contribution is 2.15. The molecule has 0 unspecified atom stereocenters. The van der Waals surface area contributed by atoms with Gasteiger partial charge < -0.3 is 10.0 Å². The Labute approximate surface area is 144 Å². The molecule has 0 aliphatic carbocycles. The Morgan fingerprint density at radius 1 is 1.00 bits per heavy atom. The molecule has 2 aromatic carbocycles. The zero-order chi connectivity index (χ0) is 17.6. The van der Waals surface area contributed by atoms with E-state index in [1.165, 1.54) is 5.56 Å². The van der Waals surface area contributed by atoms with E-state index in [0.29, 0.717) is 18.5 Å². The number of likely N-dealkylation sites (N-methyl/N-ethyl adjacent to an activating group) is 1. The fourth-order valence-electron chi connectivity index (χ4n) is 2.57. The Kier molecular flexibility index (Phi) is 6.16. The van der Waals surface area contributed by atoms with E-state index in [0.717, 1.165) is 18.4 Å². The molecule has 0 aliphatic rings. The number of hydrogen-bond donors (Lipinski definition) is 1. The summed E-state index contributed by atoms with van der Waals surface area (Å²) in [7, 11) is 1.84. The number of amides is 1. The molecule has 1 N–H and O–H groups in total. The van der Waals surface area contributed by atoms with Gasteiger partial charge in [0, 0.05) is 19.2 Å².